The zero-order chi connectivity index (χ0) is 12.3. The molecule has 1 aromatic rings. The first-order valence-electron chi connectivity index (χ1n) is 6.82. The van der Waals surface area contributed by atoms with Crippen molar-refractivity contribution in [1.29, 1.82) is 0 Å². The van der Waals surface area contributed by atoms with Gasteiger partial charge < -0.3 is 9.73 Å². The van der Waals surface area contributed by atoms with Gasteiger partial charge in [-0.2, -0.15) is 0 Å². The molecular weight excluding hydrogens is 214 g/mol. The number of nitrogens with zero attached hydrogens (tertiary/aromatic N) is 2. The summed E-state index contributed by atoms with van der Waals surface area (Å²) in [5.74, 6) is 1.59. The number of aromatic nitrogens is 2. The number of unbranched alkanes of at least 4 members (excludes halogenated alkanes) is 4. The molecule has 17 heavy (non-hydrogen) atoms. The Balaban J connectivity index is 2.12. The van der Waals surface area contributed by atoms with Crippen molar-refractivity contribution in [3.8, 4) is 0 Å². The summed E-state index contributed by atoms with van der Waals surface area (Å²) < 4.78 is 5.59. The molecule has 4 nitrogen and oxygen atoms in total. The van der Waals surface area contributed by atoms with Gasteiger partial charge in [-0.25, -0.2) is 0 Å². The van der Waals surface area contributed by atoms with E-state index in [0.29, 0.717) is 0 Å². The molecule has 0 aromatic carbocycles. The molecule has 0 atom stereocenters. The van der Waals surface area contributed by atoms with E-state index in [-0.39, 0.29) is 0 Å². The van der Waals surface area contributed by atoms with Gasteiger partial charge in [-0.1, -0.05) is 32.6 Å². The average molecular weight is 239 g/mol. The van der Waals surface area contributed by atoms with E-state index in [4.69, 9.17) is 4.42 Å². The van der Waals surface area contributed by atoms with Crippen molar-refractivity contribution in [3.63, 3.8) is 0 Å². The van der Waals surface area contributed by atoms with Crippen molar-refractivity contribution in [1.82, 2.24) is 15.5 Å². The first kappa shape index (κ1) is 14.2. The molecule has 1 heterocycles. The van der Waals surface area contributed by atoms with Gasteiger partial charge in [-0.05, 0) is 26.4 Å². The fourth-order valence-corrected chi connectivity index (χ4v) is 1.79. The Labute approximate surface area is 104 Å². The minimum absolute atomic E-state index is 0.781. The molecule has 0 spiro atoms. The van der Waals surface area contributed by atoms with Gasteiger partial charge in [0.25, 0.3) is 0 Å². The Morgan fingerprint density at radius 3 is 2.24 bits per heavy atom. The SMILES string of the molecule is CCCCCCCc1nnc(CCCNC)o1. The lowest BCUT2D eigenvalue weighted by atomic mass is 10.1. The highest BCUT2D eigenvalue weighted by Crippen LogP contribution is 2.09. The van der Waals surface area contributed by atoms with Crippen molar-refractivity contribution in [2.75, 3.05) is 13.6 Å². The Morgan fingerprint density at radius 2 is 1.59 bits per heavy atom. The Bertz CT molecular complexity index is 286. The van der Waals surface area contributed by atoms with Gasteiger partial charge in [-0.3, -0.25) is 0 Å². The minimum Gasteiger partial charge on any atom is -0.425 e. The number of aryl methyl sites for hydroxylation is 2. The fourth-order valence-electron chi connectivity index (χ4n) is 1.79. The predicted octanol–water partition coefficient (Wildman–Crippen LogP) is 2.73. The van der Waals surface area contributed by atoms with Crippen molar-refractivity contribution >= 4 is 0 Å². The molecule has 0 radical (unpaired) electrons. The largest absolute Gasteiger partial charge is 0.425 e. The van der Waals surface area contributed by atoms with E-state index in [0.717, 1.165) is 44.0 Å². The molecule has 0 aliphatic rings. The van der Waals surface area contributed by atoms with Crippen LogP contribution in [0.4, 0.5) is 0 Å². The van der Waals surface area contributed by atoms with Crippen LogP contribution < -0.4 is 5.32 Å². The summed E-state index contributed by atoms with van der Waals surface area (Å²) >= 11 is 0. The van der Waals surface area contributed by atoms with Gasteiger partial charge in [0.2, 0.25) is 11.8 Å². The molecule has 1 aromatic heterocycles. The molecular formula is C13H25N3O. The first-order chi connectivity index (χ1) is 8.36. The quantitative estimate of drug-likeness (QED) is 0.638. The van der Waals surface area contributed by atoms with Gasteiger partial charge in [0, 0.05) is 12.8 Å². The highest BCUT2D eigenvalue weighted by molar-refractivity contribution is 4.82. The summed E-state index contributed by atoms with van der Waals surface area (Å²) in [5.41, 5.74) is 0. The molecule has 1 rings (SSSR count). The molecule has 98 valence electrons. The van der Waals surface area contributed by atoms with E-state index in [1.165, 1.54) is 25.7 Å². The third-order valence-electron chi connectivity index (χ3n) is 2.82. The molecule has 0 unspecified atom stereocenters. The first-order valence-corrected chi connectivity index (χ1v) is 6.82. The van der Waals surface area contributed by atoms with Gasteiger partial charge in [0.05, 0.1) is 0 Å². The maximum atomic E-state index is 5.59. The topological polar surface area (TPSA) is 51.0 Å². The minimum atomic E-state index is 0.781. The summed E-state index contributed by atoms with van der Waals surface area (Å²) in [5, 5.41) is 11.2. The summed E-state index contributed by atoms with van der Waals surface area (Å²) in [4.78, 5) is 0. The molecule has 0 aliphatic heterocycles. The van der Waals surface area contributed by atoms with Gasteiger partial charge in [0.1, 0.15) is 0 Å². The van der Waals surface area contributed by atoms with E-state index >= 15 is 0 Å². The van der Waals surface area contributed by atoms with Crippen LogP contribution in [0.15, 0.2) is 4.42 Å². The Morgan fingerprint density at radius 1 is 0.941 bits per heavy atom. The summed E-state index contributed by atoms with van der Waals surface area (Å²) in [6.07, 6.45) is 9.24. The fraction of sp³-hybridized carbons (Fsp3) is 0.846. The van der Waals surface area contributed by atoms with Crippen LogP contribution in [0.25, 0.3) is 0 Å². The monoisotopic (exact) mass is 239 g/mol. The highest BCUT2D eigenvalue weighted by Gasteiger charge is 2.05. The van der Waals surface area contributed by atoms with Crippen LogP contribution in [-0.2, 0) is 12.8 Å². The smallest absolute Gasteiger partial charge is 0.216 e. The van der Waals surface area contributed by atoms with Crippen LogP contribution in [-0.4, -0.2) is 23.8 Å². The molecule has 4 heteroatoms. The van der Waals surface area contributed by atoms with E-state index < -0.39 is 0 Å². The molecule has 0 amide bonds. The lowest BCUT2D eigenvalue weighted by Crippen LogP contribution is -2.08. The van der Waals surface area contributed by atoms with Gasteiger partial charge in [0.15, 0.2) is 0 Å². The maximum absolute atomic E-state index is 5.59. The van der Waals surface area contributed by atoms with Crippen LogP contribution in [0.3, 0.4) is 0 Å². The maximum Gasteiger partial charge on any atom is 0.216 e. The van der Waals surface area contributed by atoms with Gasteiger partial charge in [-0.15, -0.1) is 10.2 Å². The van der Waals surface area contributed by atoms with Crippen LogP contribution in [0.5, 0.6) is 0 Å². The second-order valence-electron chi connectivity index (χ2n) is 4.46. The molecule has 1 N–H and O–H groups in total. The number of rotatable bonds is 10. The summed E-state index contributed by atoms with van der Waals surface area (Å²) in [7, 11) is 1.95. The molecule has 0 bridgehead atoms. The lowest BCUT2D eigenvalue weighted by molar-refractivity contribution is 0.435. The highest BCUT2D eigenvalue weighted by atomic mass is 16.4. The van der Waals surface area contributed by atoms with Crippen molar-refractivity contribution in [2.24, 2.45) is 0 Å². The zero-order valence-corrected chi connectivity index (χ0v) is 11.2. The Hall–Kier alpha value is -0.900. The van der Waals surface area contributed by atoms with E-state index in [2.05, 4.69) is 22.4 Å². The number of hydrogen-bond donors (Lipinski definition) is 1. The molecule has 0 fully saturated rings. The second kappa shape index (κ2) is 9.16. The van der Waals surface area contributed by atoms with Crippen LogP contribution in [0.2, 0.25) is 0 Å². The third kappa shape index (κ3) is 6.41. The second-order valence-corrected chi connectivity index (χ2v) is 4.46. The van der Waals surface area contributed by atoms with Crippen molar-refractivity contribution in [2.45, 2.75) is 58.3 Å². The molecule has 0 saturated heterocycles. The molecule has 0 saturated carbocycles. The van der Waals surface area contributed by atoms with E-state index in [9.17, 15) is 0 Å². The van der Waals surface area contributed by atoms with Crippen molar-refractivity contribution < 1.29 is 4.42 Å². The molecule has 0 aliphatic carbocycles. The van der Waals surface area contributed by atoms with Crippen LogP contribution in [0, 0.1) is 0 Å². The predicted molar refractivity (Wildman–Crippen MR) is 69.0 cm³/mol. The lowest BCUT2D eigenvalue weighted by Gasteiger charge is -1.97. The normalized spacial score (nSPS) is 10.9. The average Bonchev–Trinajstić information content (AvgIpc) is 2.77. The number of hydrogen-bond acceptors (Lipinski definition) is 4. The van der Waals surface area contributed by atoms with Crippen LogP contribution >= 0.6 is 0 Å². The zero-order valence-electron chi connectivity index (χ0n) is 11.2. The van der Waals surface area contributed by atoms with Gasteiger partial charge >= 0.3 is 0 Å². The van der Waals surface area contributed by atoms with E-state index in [1.54, 1.807) is 0 Å². The van der Waals surface area contributed by atoms with E-state index in [1.807, 2.05) is 7.05 Å². The third-order valence-corrected chi connectivity index (χ3v) is 2.82. The van der Waals surface area contributed by atoms with Crippen molar-refractivity contribution in [3.05, 3.63) is 11.8 Å². The Kier molecular flexibility index (Phi) is 7.63. The number of nitrogens with one attached hydrogen (secondary N) is 1. The summed E-state index contributed by atoms with van der Waals surface area (Å²) in [6, 6.07) is 0. The van der Waals surface area contributed by atoms with Crippen LogP contribution in [0.1, 0.15) is 57.2 Å². The summed E-state index contributed by atoms with van der Waals surface area (Å²) in [6.45, 7) is 3.23. The standard InChI is InChI=1S/C13H25N3O/c1-3-4-5-6-7-9-12-15-16-13(17-12)10-8-11-14-2/h14H,3-11H2,1-2H3.